The summed E-state index contributed by atoms with van der Waals surface area (Å²) in [5.74, 6) is 3.44. The molecule has 2 aliphatic rings. The lowest BCUT2D eigenvalue weighted by molar-refractivity contribution is 0.244. The molecule has 0 N–H and O–H groups in total. The van der Waals surface area contributed by atoms with Gasteiger partial charge in [0.05, 0.1) is 0 Å². The van der Waals surface area contributed by atoms with Crippen molar-refractivity contribution in [3.63, 3.8) is 0 Å². The van der Waals surface area contributed by atoms with E-state index in [2.05, 4.69) is 38.2 Å². The lowest BCUT2D eigenvalue weighted by Gasteiger charge is -2.32. The van der Waals surface area contributed by atoms with Crippen molar-refractivity contribution in [3.05, 3.63) is 24.3 Å². The topological polar surface area (TPSA) is 0 Å². The lowest BCUT2D eigenvalue weighted by Crippen LogP contribution is -2.24. The third-order valence-corrected chi connectivity index (χ3v) is 3.82. The molecule has 0 saturated heterocycles. The largest absolute Gasteiger partial charge is 0.0882 e. The molecule has 4 unspecified atom stereocenters. The van der Waals surface area contributed by atoms with E-state index in [0.717, 1.165) is 23.7 Å². The van der Waals surface area contributed by atoms with Crippen molar-refractivity contribution in [1.82, 2.24) is 0 Å². The Morgan fingerprint density at radius 1 is 1.08 bits per heavy atom. The van der Waals surface area contributed by atoms with Gasteiger partial charge < -0.3 is 0 Å². The molecule has 72 valence electrons. The molecular weight excluding hydrogens is 156 g/mol. The van der Waals surface area contributed by atoms with Crippen molar-refractivity contribution in [1.29, 1.82) is 0 Å². The molecule has 4 atom stereocenters. The van der Waals surface area contributed by atoms with Crippen LogP contribution in [-0.4, -0.2) is 0 Å². The Hall–Kier alpha value is -0.520. The van der Waals surface area contributed by atoms with E-state index in [-0.39, 0.29) is 0 Å². The highest BCUT2D eigenvalue weighted by molar-refractivity contribution is 5.07. The molecule has 0 fully saturated rings. The summed E-state index contributed by atoms with van der Waals surface area (Å²) in [6.07, 6.45) is 13.6. The van der Waals surface area contributed by atoms with Gasteiger partial charge in [0.2, 0.25) is 0 Å². The van der Waals surface area contributed by atoms with E-state index >= 15 is 0 Å². The number of allylic oxidation sites excluding steroid dienone is 4. The lowest BCUT2D eigenvalue weighted by atomic mass is 9.73. The van der Waals surface area contributed by atoms with Crippen molar-refractivity contribution in [2.24, 2.45) is 23.7 Å². The molecule has 0 saturated carbocycles. The van der Waals surface area contributed by atoms with Crippen LogP contribution in [-0.2, 0) is 0 Å². The molecule has 0 aliphatic heterocycles. The van der Waals surface area contributed by atoms with Crippen LogP contribution >= 0.6 is 0 Å². The van der Waals surface area contributed by atoms with E-state index in [9.17, 15) is 0 Å². The number of rotatable bonds is 1. The van der Waals surface area contributed by atoms with Gasteiger partial charge in [-0.2, -0.15) is 0 Å². The summed E-state index contributed by atoms with van der Waals surface area (Å²) in [4.78, 5) is 0. The second-order valence-corrected chi connectivity index (χ2v) is 4.75. The van der Waals surface area contributed by atoms with Crippen LogP contribution in [0.5, 0.6) is 0 Å². The first-order chi connectivity index (χ1) is 6.29. The summed E-state index contributed by atoms with van der Waals surface area (Å²) in [6.45, 7) is 4.78. The average Bonchev–Trinajstić information content (AvgIpc) is 2.52. The molecule has 0 radical (unpaired) electrons. The minimum Gasteiger partial charge on any atom is -0.0882 e. The molecular formula is C13H20. The zero-order valence-electron chi connectivity index (χ0n) is 8.74. The molecule has 0 amide bonds. The zero-order chi connectivity index (χ0) is 9.26. The van der Waals surface area contributed by atoms with Crippen LogP contribution < -0.4 is 0 Å². The summed E-state index contributed by atoms with van der Waals surface area (Å²) in [7, 11) is 0. The third kappa shape index (κ3) is 1.72. The fourth-order valence-corrected chi connectivity index (χ4v) is 2.87. The maximum Gasteiger partial charge on any atom is -0.0171 e. The predicted molar refractivity (Wildman–Crippen MR) is 57.4 cm³/mol. The summed E-state index contributed by atoms with van der Waals surface area (Å²) >= 11 is 0. The van der Waals surface area contributed by atoms with Gasteiger partial charge in [-0.3, -0.25) is 0 Å². The van der Waals surface area contributed by atoms with E-state index in [1.807, 2.05) is 0 Å². The molecule has 2 rings (SSSR count). The first-order valence-electron chi connectivity index (χ1n) is 5.62. The molecule has 0 bridgehead atoms. The fourth-order valence-electron chi connectivity index (χ4n) is 2.87. The Kier molecular flexibility index (Phi) is 2.57. The molecule has 0 heteroatoms. The van der Waals surface area contributed by atoms with E-state index in [1.54, 1.807) is 0 Å². The van der Waals surface area contributed by atoms with Crippen molar-refractivity contribution in [3.8, 4) is 0 Å². The van der Waals surface area contributed by atoms with E-state index in [1.165, 1.54) is 19.3 Å². The van der Waals surface area contributed by atoms with Gasteiger partial charge >= 0.3 is 0 Å². The van der Waals surface area contributed by atoms with Gasteiger partial charge in [-0.15, -0.1) is 0 Å². The smallest absolute Gasteiger partial charge is 0.0171 e. The van der Waals surface area contributed by atoms with Crippen LogP contribution in [0.25, 0.3) is 0 Å². The van der Waals surface area contributed by atoms with Crippen LogP contribution in [0.4, 0.5) is 0 Å². The summed E-state index contributed by atoms with van der Waals surface area (Å²) < 4.78 is 0. The van der Waals surface area contributed by atoms with Crippen LogP contribution in [0.1, 0.15) is 33.1 Å². The molecule has 0 aromatic rings. The fraction of sp³-hybridized carbons (Fsp3) is 0.692. The third-order valence-electron chi connectivity index (χ3n) is 3.82. The first-order valence-corrected chi connectivity index (χ1v) is 5.62. The maximum absolute atomic E-state index is 2.47. The summed E-state index contributed by atoms with van der Waals surface area (Å²) in [6, 6.07) is 0. The van der Waals surface area contributed by atoms with Gasteiger partial charge in [0.1, 0.15) is 0 Å². The first kappa shape index (κ1) is 9.05. The van der Waals surface area contributed by atoms with E-state index in [0.29, 0.717) is 0 Å². The average molecular weight is 176 g/mol. The van der Waals surface area contributed by atoms with E-state index < -0.39 is 0 Å². The molecule has 0 aromatic heterocycles. The minimum absolute atomic E-state index is 0.801. The van der Waals surface area contributed by atoms with Crippen molar-refractivity contribution >= 4 is 0 Å². The minimum atomic E-state index is 0.801. The maximum atomic E-state index is 2.47. The number of hydrogen-bond donors (Lipinski definition) is 0. The summed E-state index contributed by atoms with van der Waals surface area (Å²) in [5, 5.41) is 0. The van der Waals surface area contributed by atoms with Gasteiger partial charge in [-0.25, -0.2) is 0 Å². The SMILES string of the molecule is CC1C=CCC1C1C=CCCC1C. The van der Waals surface area contributed by atoms with Gasteiger partial charge in [-0.1, -0.05) is 38.2 Å². The second-order valence-electron chi connectivity index (χ2n) is 4.75. The predicted octanol–water partition coefficient (Wildman–Crippen LogP) is 3.80. The molecule has 13 heavy (non-hydrogen) atoms. The standard InChI is InChI=1S/C13H20/c1-10-6-3-4-8-12(10)13-9-5-7-11(13)2/h4-5,7-8,10-13H,3,6,9H2,1-2H3. The Bertz CT molecular complexity index is 224. The van der Waals surface area contributed by atoms with Crippen LogP contribution in [0.2, 0.25) is 0 Å². The molecule has 0 nitrogen and oxygen atoms in total. The number of hydrogen-bond acceptors (Lipinski definition) is 0. The van der Waals surface area contributed by atoms with Crippen molar-refractivity contribution in [2.45, 2.75) is 33.1 Å². The van der Waals surface area contributed by atoms with Crippen molar-refractivity contribution in [2.75, 3.05) is 0 Å². The molecule has 0 heterocycles. The van der Waals surface area contributed by atoms with Crippen LogP contribution in [0.3, 0.4) is 0 Å². The highest BCUT2D eigenvalue weighted by Crippen LogP contribution is 2.39. The normalized spacial score (nSPS) is 44.2. The van der Waals surface area contributed by atoms with Gasteiger partial charge in [0.15, 0.2) is 0 Å². The molecule has 0 aromatic carbocycles. The molecule has 0 spiro atoms. The highest BCUT2D eigenvalue weighted by Gasteiger charge is 2.30. The van der Waals surface area contributed by atoms with E-state index in [4.69, 9.17) is 0 Å². The summed E-state index contributed by atoms with van der Waals surface area (Å²) in [5.41, 5.74) is 0. The van der Waals surface area contributed by atoms with Gasteiger partial charge in [0, 0.05) is 0 Å². The monoisotopic (exact) mass is 176 g/mol. The highest BCUT2D eigenvalue weighted by atomic mass is 14.3. The quantitative estimate of drug-likeness (QED) is 0.533. The Morgan fingerprint density at radius 2 is 1.92 bits per heavy atom. The Labute approximate surface area is 81.7 Å². The Balaban J connectivity index is 2.06. The van der Waals surface area contributed by atoms with Crippen LogP contribution in [0.15, 0.2) is 24.3 Å². The second kappa shape index (κ2) is 3.69. The Morgan fingerprint density at radius 3 is 2.54 bits per heavy atom. The van der Waals surface area contributed by atoms with Crippen LogP contribution in [0, 0.1) is 23.7 Å². The van der Waals surface area contributed by atoms with Crippen molar-refractivity contribution < 1.29 is 0 Å². The molecule has 2 aliphatic carbocycles. The van der Waals surface area contributed by atoms with Gasteiger partial charge in [-0.05, 0) is 42.9 Å². The van der Waals surface area contributed by atoms with Gasteiger partial charge in [0.25, 0.3) is 0 Å². The zero-order valence-corrected chi connectivity index (χ0v) is 8.74.